The second-order valence-electron chi connectivity index (χ2n) is 5.73. The molecule has 0 spiro atoms. The molecule has 1 heterocycles. The van der Waals surface area contributed by atoms with Gasteiger partial charge in [0.1, 0.15) is 11.5 Å². The molecule has 0 unspecified atom stereocenters. The molecule has 2 atom stereocenters. The molecule has 5 nitrogen and oxygen atoms in total. The molecule has 0 saturated heterocycles. The molecule has 3 rings (SSSR count). The summed E-state index contributed by atoms with van der Waals surface area (Å²) in [6.45, 7) is 4.08. The third-order valence-electron chi connectivity index (χ3n) is 3.82. The van der Waals surface area contributed by atoms with E-state index in [-0.39, 0.29) is 4.90 Å². The molecule has 1 aliphatic carbocycles. The second kappa shape index (κ2) is 5.61. The number of aryl methyl sites for hydroxylation is 1. The van der Waals surface area contributed by atoms with Gasteiger partial charge in [0.2, 0.25) is 0 Å². The summed E-state index contributed by atoms with van der Waals surface area (Å²) < 4.78 is 29.7. The minimum Gasteiger partial charge on any atom is -0.460 e. The Kier molecular flexibility index (Phi) is 3.78. The Hall–Kier alpha value is -2.08. The maximum atomic E-state index is 12.0. The molecule has 2 aromatic rings. The molecular weight excluding hydrogens is 300 g/mol. The molecule has 0 aliphatic heterocycles. The van der Waals surface area contributed by atoms with Crippen LogP contribution in [0.2, 0.25) is 0 Å². The summed E-state index contributed by atoms with van der Waals surface area (Å²) in [6.07, 6.45) is 2.52. The Balaban J connectivity index is 1.66. The van der Waals surface area contributed by atoms with E-state index in [9.17, 15) is 8.42 Å². The third kappa shape index (κ3) is 3.22. The van der Waals surface area contributed by atoms with Gasteiger partial charge in [-0.05, 0) is 43.5 Å². The number of rotatable bonds is 5. The molecule has 22 heavy (non-hydrogen) atoms. The summed E-state index contributed by atoms with van der Waals surface area (Å²) >= 11 is 0. The number of nitrogens with one attached hydrogen (secondary N) is 1. The first kappa shape index (κ1) is 14.8. The lowest BCUT2D eigenvalue weighted by Gasteiger charge is -2.02. The monoisotopic (exact) mass is 318 g/mol. The average Bonchev–Trinajstić information content (AvgIpc) is 3.02. The van der Waals surface area contributed by atoms with Crippen LogP contribution in [0, 0.1) is 12.8 Å². The van der Waals surface area contributed by atoms with Crippen LogP contribution in [-0.4, -0.2) is 14.6 Å². The summed E-state index contributed by atoms with van der Waals surface area (Å²) in [6, 6.07) is 10.3. The predicted octanol–water partition coefficient (Wildman–Crippen LogP) is 3.02. The first-order valence-corrected chi connectivity index (χ1v) is 8.65. The molecule has 6 heteroatoms. The molecule has 1 aromatic heterocycles. The maximum absolute atomic E-state index is 12.0. The second-order valence-corrected chi connectivity index (χ2v) is 7.39. The highest BCUT2D eigenvalue weighted by molar-refractivity contribution is 7.89. The Morgan fingerprint density at radius 1 is 1.23 bits per heavy atom. The number of hydrazone groups is 1. The van der Waals surface area contributed by atoms with Crippen LogP contribution in [0.15, 0.2) is 50.8 Å². The third-order valence-corrected chi connectivity index (χ3v) is 5.06. The van der Waals surface area contributed by atoms with E-state index in [1.165, 1.54) is 6.21 Å². The van der Waals surface area contributed by atoms with E-state index in [0.717, 1.165) is 17.7 Å². The van der Waals surface area contributed by atoms with Crippen molar-refractivity contribution in [3.05, 3.63) is 53.5 Å². The van der Waals surface area contributed by atoms with Crippen molar-refractivity contribution in [1.29, 1.82) is 0 Å². The number of sulfonamides is 1. The van der Waals surface area contributed by atoms with E-state index < -0.39 is 10.0 Å². The van der Waals surface area contributed by atoms with Gasteiger partial charge in [-0.1, -0.05) is 24.6 Å². The molecule has 1 aliphatic rings. The van der Waals surface area contributed by atoms with Crippen molar-refractivity contribution in [2.45, 2.75) is 31.1 Å². The Morgan fingerprint density at radius 3 is 2.55 bits per heavy atom. The van der Waals surface area contributed by atoms with E-state index in [1.54, 1.807) is 30.3 Å². The first-order chi connectivity index (χ1) is 10.5. The van der Waals surface area contributed by atoms with E-state index in [0.29, 0.717) is 17.6 Å². The van der Waals surface area contributed by atoms with Gasteiger partial charge in [-0.3, -0.25) is 0 Å². The lowest BCUT2D eigenvalue weighted by Crippen LogP contribution is -2.18. The normalized spacial score (nSPS) is 21.2. The summed E-state index contributed by atoms with van der Waals surface area (Å²) in [4.78, 5) is 2.37. The van der Waals surface area contributed by atoms with Gasteiger partial charge in [0, 0.05) is 5.92 Å². The molecule has 1 aromatic carbocycles. The van der Waals surface area contributed by atoms with Gasteiger partial charge in [0.05, 0.1) is 11.1 Å². The maximum Gasteiger partial charge on any atom is 0.276 e. The lowest BCUT2D eigenvalue weighted by atomic mass is 10.2. The zero-order chi connectivity index (χ0) is 15.7. The zero-order valence-electron chi connectivity index (χ0n) is 12.5. The van der Waals surface area contributed by atoms with Gasteiger partial charge in [0.25, 0.3) is 10.0 Å². The average molecular weight is 318 g/mol. The summed E-state index contributed by atoms with van der Waals surface area (Å²) in [7, 11) is -3.64. The van der Waals surface area contributed by atoms with Gasteiger partial charge in [-0.2, -0.15) is 18.4 Å². The standard InChI is InChI=1S/C16H18N2O3S/c1-11-3-6-14(7-4-11)22(19,20)18-17-10-13-5-8-16(21-13)15-9-12(15)2/h3-8,10,12,15,18H,9H2,1-2H3/b17-10-/t12-,15-/m1/s1. The summed E-state index contributed by atoms with van der Waals surface area (Å²) in [5, 5.41) is 3.77. The number of nitrogens with zero attached hydrogens (tertiary/aromatic N) is 1. The van der Waals surface area contributed by atoms with E-state index in [2.05, 4.69) is 16.9 Å². The SMILES string of the molecule is Cc1ccc(S(=O)(=O)N/N=C\c2ccc([C@@H]3C[C@H]3C)o2)cc1. The van der Waals surface area contributed by atoms with Gasteiger partial charge >= 0.3 is 0 Å². The fourth-order valence-electron chi connectivity index (χ4n) is 2.29. The van der Waals surface area contributed by atoms with Gasteiger partial charge in [0.15, 0.2) is 0 Å². The van der Waals surface area contributed by atoms with Crippen molar-refractivity contribution in [2.75, 3.05) is 0 Å². The molecule has 0 amide bonds. The molecule has 1 fully saturated rings. The van der Waals surface area contributed by atoms with Gasteiger partial charge in [-0.15, -0.1) is 0 Å². The van der Waals surface area contributed by atoms with Crippen molar-refractivity contribution in [3.8, 4) is 0 Å². The highest BCUT2D eigenvalue weighted by atomic mass is 32.2. The van der Waals surface area contributed by atoms with Crippen molar-refractivity contribution >= 4 is 16.2 Å². The Bertz CT molecular complexity index is 791. The number of hydrogen-bond acceptors (Lipinski definition) is 4. The van der Waals surface area contributed by atoms with Crippen molar-refractivity contribution in [1.82, 2.24) is 4.83 Å². The number of furan rings is 1. The first-order valence-electron chi connectivity index (χ1n) is 7.17. The quantitative estimate of drug-likeness (QED) is 0.680. The Labute approximate surface area is 130 Å². The van der Waals surface area contributed by atoms with Crippen LogP contribution in [-0.2, 0) is 10.0 Å². The van der Waals surface area contributed by atoms with E-state index in [1.807, 2.05) is 13.0 Å². The van der Waals surface area contributed by atoms with Crippen molar-refractivity contribution in [3.63, 3.8) is 0 Å². The van der Waals surface area contributed by atoms with Crippen molar-refractivity contribution in [2.24, 2.45) is 11.0 Å². The van der Waals surface area contributed by atoms with Crippen LogP contribution in [0.5, 0.6) is 0 Å². The van der Waals surface area contributed by atoms with Crippen LogP contribution in [0.1, 0.15) is 36.3 Å². The fraction of sp³-hybridized carbons (Fsp3) is 0.312. The summed E-state index contributed by atoms with van der Waals surface area (Å²) in [5.74, 6) is 2.64. The van der Waals surface area contributed by atoms with Crippen LogP contribution in [0.25, 0.3) is 0 Å². The van der Waals surface area contributed by atoms with Crippen LogP contribution in [0.3, 0.4) is 0 Å². The predicted molar refractivity (Wildman–Crippen MR) is 84.3 cm³/mol. The topological polar surface area (TPSA) is 71.7 Å². The fourth-order valence-corrected chi connectivity index (χ4v) is 3.08. The lowest BCUT2D eigenvalue weighted by molar-refractivity contribution is 0.500. The summed E-state index contributed by atoms with van der Waals surface area (Å²) in [5.41, 5.74) is 1.000. The van der Waals surface area contributed by atoms with E-state index >= 15 is 0 Å². The zero-order valence-corrected chi connectivity index (χ0v) is 13.3. The highest BCUT2D eigenvalue weighted by Crippen LogP contribution is 2.47. The molecular formula is C16H18N2O3S. The molecule has 0 radical (unpaired) electrons. The minimum absolute atomic E-state index is 0.183. The van der Waals surface area contributed by atoms with Crippen LogP contribution < -0.4 is 4.83 Å². The Morgan fingerprint density at radius 2 is 1.91 bits per heavy atom. The largest absolute Gasteiger partial charge is 0.460 e. The number of hydrogen-bond donors (Lipinski definition) is 1. The van der Waals surface area contributed by atoms with Crippen molar-refractivity contribution < 1.29 is 12.8 Å². The molecule has 116 valence electrons. The molecule has 1 saturated carbocycles. The molecule has 1 N–H and O–H groups in total. The van der Waals surface area contributed by atoms with E-state index in [4.69, 9.17) is 4.42 Å². The molecule has 0 bridgehead atoms. The minimum atomic E-state index is -3.64. The van der Waals surface area contributed by atoms with Crippen LogP contribution >= 0.6 is 0 Å². The van der Waals surface area contributed by atoms with Crippen LogP contribution in [0.4, 0.5) is 0 Å². The highest BCUT2D eigenvalue weighted by Gasteiger charge is 2.36. The number of benzene rings is 1. The smallest absolute Gasteiger partial charge is 0.276 e. The van der Waals surface area contributed by atoms with Gasteiger partial charge < -0.3 is 4.42 Å². The van der Waals surface area contributed by atoms with Gasteiger partial charge in [-0.25, -0.2) is 0 Å².